The van der Waals surface area contributed by atoms with Crippen molar-refractivity contribution in [3.05, 3.63) is 63.1 Å². The second-order valence-electron chi connectivity index (χ2n) is 5.03. The van der Waals surface area contributed by atoms with Crippen LogP contribution in [0.25, 0.3) is 0 Å². The zero-order valence-electron chi connectivity index (χ0n) is 11.1. The second kappa shape index (κ2) is 4.94. The Bertz CT molecular complexity index is 697. The van der Waals surface area contributed by atoms with Crippen molar-refractivity contribution in [2.45, 2.75) is 20.0 Å². The summed E-state index contributed by atoms with van der Waals surface area (Å²) in [5, 5.41) is 9.74. The van der Waals surface area contributed by atoms with Crippen molar-refractivity contribution in [3.8, 4) is 5.75 Å². The highest BCUT2D eigenvalue weighted by molar-refractivity contribution is 9.10. The molecule has 3 nitrogen and oxygen atoms in total. The van der Waals surface area contributed by atoms with Crippen molar-refractivity contribution in [2.75, 3.05) is 0 Å². The monoisotopic (exact) mass is 331 g/mol. The summed E-state index contributed by atoms with van der Waals surface area (Å²) >= 11 is 3.44. The standard InChI is InChI=1S/C16H14BrNO2/c1-10-14(19)6-5-12-9-18(16(20)15(10)12)8-11-3-2-4-13(17)7-11/h2-7,19H,8-9H2,1H3. The summed E-state index contributed by atoms with van der Waals surface area (Å²) in [6.07, 6.45) is 0. The average molecular weight is 332 g/mol. The van der Waals surface area contributed by atoms with E-state index >= 15 is 0 Å². The highest BCUT2D eigenvalue weighted by Gasteiger charge is 2.29. The number of amides is 1. The Kier molecular flexibility index (Phi) is 3.26. The van der Waals surface area contributed by atoms with Crippen molar-refractivity contribution in [3.63, 3.8) is 0 Å². The molecule has 0 atom stereocenters. The van der Waals surface area contributed by atoms with E-state index in [0.29, 0.717) is 24.2 Å². The summed E-state index contributed by atoms with van der Waals surface area (Å²) in [5.41, 5.74) is 3.40. The lowest BCUT2D eigenvalue weighted by molar-refractivity contribution is 0.0766. The summed E-state index contributed by atoms with van der Waals surface area (Å²) in [4.78, 5) is 14.3. The molecule has 4 heteroatoms. The normalized spacial score (nSPS) is 13.7. The van der Waals surface area contributed by atoms with Crippen LogP contribution in [0.1, 0.15) is 27.0 Å². The predicted octanol–water partition coefficient (Wildman–Crippen LogP) is 3.62. The van der Waals surface area contributed by atoms with E-state index in [1.54, 1.807) is 17.9 Å². The first-order valence-corrected chi connectivity index (χ1v) is 7.20. The molecular formula is C16H14BrNO2. The summed E-state index contributed by atoms with van der Waals surface area (Å²) < 4.78 is 1.01. The number of hydrogen-bond acceptors (Lipinski definition) is 2. The third kappa shape index (κ3) is 2.20. The van der Waals surface area contributed by atoms with E-state index in [9.17, 15) is 9.90 Å². The molecule has 0 aromatic heterocycles. The molecule has 2 aromatic carbocycles. The minimum Gasteiger partial charge on any atom is -0.508 e. The van der Waals surface area contributed by atoms with Gasteiger partial charge >= 0.3 is 0 Å². The van der Waals surface area contributed by atoms with E-state index in [4.69, 9.17) is 0 Å². The Morgan fingerprint density at radius 2 is 2.10 bits per heavy atom. The molecule has 1 aliphatic rings. The number of hydrogen-bond donors (Lipinski definition) is 1. The third-order valence-corrected chi connectivity index (χ3v) is 4.14. The lowest BCUT2D eigenvalue weighted by Crippen LogP contribution is -2.23. The Balaban J connectivity index is 1.89. The number of halogens is 1. The van der Waals surface area contributed by atoms with Crippen molar-refractivity contribution >= 4 is 21.8 Å². The van der Waals surface area contributed by atoms with E-state index in [2.05, 4.69) is 15.9 Å². The SMILES string of the molecule is Cc1c(O)ccc2c1C(=O)N(Cc1cccc(Br)c1)C2. The van der Waals surface area contributed by atoms with E-state index in [-0.39, 0.29) is 11.7 Å². The maximum Gasteiger partial charge on any atom is 0.255 e. The molecule has 1 aliphatic heterocycles. The molecule has 3 rings (SSSR count). The number of fused-ring (bicyclic) bond motifs is 1. The smallest absolute Gasteiger partial charge is 0.255 e. The van der Waals surface area contributed by atoms with Crippen molar-refractivity contribution < 1.29 is 9.90 Å². The number of aromatic hydroxyl groups is 1. The van der Waals surface area contributed by atoms with Crippen LogP contribution in [0.15, 0.2) is 40.9 Å². The Morgan fingerprint density at radius 3 is 2.85 bits per heavy atom. The summed E-state index contributed by atoms with van der Waals surface area (Å²) in [7, 11) is 0. The minimum atomic E-state index is -0.00613. The van der Waals surface area contributed by atoms with Gasteiger partial charge in [0.1, 0.15) is 5.75 Å². The van der Waals surface area contributed by atoms with Gasteiger partial charge < -0.3 is 10.0 Å². The van der Waals surface area contributed by atoms with Gasteiger partial charge in [-0.05, 0) is 36.2 Å². The largest absolute Gasteiger partial charge is 0.508 e. The fourth-order valence-corrected chi connectivity index (χ4v) is 3.05. The number of phenolic OH excluding ortho intramolecular Hbond substituents is 1. The Morgan fingerprint density at radius 1 is 1.30 bits per heavy atom. The first-order chi connectivity index (χ1) is 9.56. The maximum absolute atomic E-state index is 12.5. The van der Waals surface area contributed by atoms with Crippen LogP contribution >= 0.6 is 15.9 Å². The maximum atomic E-state index is 12.5. The lowest BCUT2D eigenvalue weighted by atomic mass is 10.0. The molecule has 0 saturated carbocycles. The molecule has 0 radical (unpaired) electrons. The second-order valence-corrected chi connectivity index (χ2v) is 5.95. The number of benzene rings is 2. The zero-order valence-corrected chi connectivity index (χ0v) is 12.6. The first kappa shape index (κ1) is 13.2. The summed E-state index contributed by atoms with van der Waals surface area (Å²) in [6, 6.07) is 11.4. The van der Waals surface area contributed by atoms with E-state index in [1.165, 1.54) is 0 Å². The highest BCUT2D eigenvalue weighted by Crippen LogP contribution is 2.31. The molecule has 0 unspecified atom stereocenters. The van der Waals surface area contributed by atoms with Gasteiger partial charge in [-0.3, -0.25) is 4.79 Å². The van der Waals surface area contributed by atoms with Crippen LogP contribution in [0.3, 0.4) is 0 Å². The summed E-state index contributed by atoms with van der Waals surface area (Å²) in [6.45, 7) is 2.96. The molecule has 0 saturated heterocycles. The third-order valence-electron chi connectivity index (χ3n) is 3.65. The molecule has 0 bridgehead atoms. The van der Waals surface area contributed by atoms with Crippen molar-refractivity contribution in [1.29, 1.82) is 0 Å². The van der Waals surface area contributed by atoms with E-state index < -0.39 is 0 Å². The van der Waals surface area contributed by atoms with Gasteiger partial charge in [0.25, 0.3) is 5.91 Å². The fourth-order valence-electron chi connectivity index (χ4n) is 2.61. The molecular weight excluding hydrogens is 318 g/mol. The van der Waals surface area contributed by atoms with Crippen LogP contribution in [0.2, 0.25) is 0 Å². The molecule has 102 valence electrons. The van der Waals surface area contributed by atoms with Crippen molar-refractivity contribution in [2.24, 2.45) is 0 Å². The lowest BCUT2D eigenvalue weighted by Gasteiger charge is -2.15. The van der Waals surface area contributed by atoms with Crippen LogP contribution in [-0.4, -0.2) is 15.9 Å². The number of nitrogens with zero attached hydrogens (tertiary/aromatic N) is 1. The number of carbonyl (C=O) groups excluding carboxylic acids is 1. The van der Waals surface area contributed by atoms with Crippen LogP contribution < -0.4 is 0 Å². The molecule has 1 N–H and O–H groups in total. The van der Waals surface area contributed by atoms with Crippen LogP contribution in [-0.2, 0) is 13.1 Å². The molecule has 0 spiro atoms. The topological polar surface area (TPSA) is 40.5 Å². The van der Waals surface area contributed by atoms with Gasteiger partial charge in [0, 0.05) is 23.1 Å². The zero-order chi connectivity index (χ0) is 14.3. The highest BCUT2D eigenvalue weighted by atomic mass is 79.9. The fraction of sp³-hybridized carbons (Fsp3) is 0.188. The van der Waals surface area contributed by atoms with Gasteiger partial charge in [-0.15, -0.1) is 0 Å². The molecule has 20 heavy (non-hydrogen) atoms. The van der Waals surface area contributed by atoms with Crippen LogP contribution in [0.5, 0.6) is 5.75 Å². The first-order valence-electron chi connectivity index (χ1n) is 6.41. The molecule has 0 aliphatic carbocycles. The molecule has 1 amide bonds. The van der Waals surface area contributed by atoms with Gasteiger partial charge in [0.2, 0.25) is 0 Å². The number of phenols is 1. The molecule has 1 heterocycles. The van der Waals surface area contributed by atoms with Gasteiger partial charge in [-0.1, -0.05) is 34.1 Å². The van der Waals surface area contributed by atoms with Gasteiger partial charge in [-0.25, -0.2) is 0 Å². The minimum absolute atomic E-state index is 0.00613. The summed E-state index contributed by atoms with van der Waals surface area (Å²) in [5.74, 6) is 0.176. The van der Waals surface area contributed by atoms with Gasteiger partial charge in [0.05, 0.1) is 5.56 Å². The molecule has 2 aromatic rings. The molecule has 0 fully saturated rings. The van der Waals surface area contributed by atoms with Gasteiger partial charge in [0.15, 0.2) is 0 Å². The Labute approximate surface area is 126 Å². The van der Waals surface area contributed by atoms with E-state index in [0.717, 1.165) is 15.6 Å². The van der Waals surface area contributed by atoms with Crippen LogP contribution in [0.4, 0.5) is 0 Å². The predicted molar refractivity (Wildman–Crippen MR) is 80.6 cm³/mol. The van der Waals surface area contributed by atoms with Gasteiger partial charge in [-0.2, -0.15) is 0 Å². The van der Waals surface area contributed by atoms with Crippen LogP contribution in [0, 0.1) is 6.92 Å². The van der Waals surface area contributed by atoms with Crippen molar-refractivity contribution in [1.82, 2.24) is 4.90 Å². The number of carbonyl (C=O) groups is 1. The van der Waals surface area contributed by atoms with E-state index in [1.807, 2.05) is 30.3 Å². The number of rotatable bonds is 2. The Hall–Kier alpha value is -1.81. The average Bonchev–Trinajstić information content (AvgIpc) is 2.72. The quantitative estimate of drug-likeness (QED) is 0.913.